The number of aliphatic hydroxyl groups is 1. The van der Waals surface area contributed by atoms with E-state index in [2.05, 4.69) is 10.6 Å². The molecule has 0 bridgehead atoms. The van der Waals surface area contributed by atoms with Crippen LogP contribution in [0.3, 0.4) is 0 Å². The molecular formula is C23H26ClF2IN4O3. The second kappa shape index (κ2) is 9.71. The van der Waals surface area contributed by atoms with Crippen LogP contribution in [0.1, 0.15) is 41.7 Å². The van der Waals surface area contributed by atoms with Crippen molar-refractivity contribution in [2.24, 2.45) is 0 Å². The largest absolute Gasteiger partial charge is 0.385 e. The summed E-state index contributed by atoms with van der Waals surface area (Å²) in [5, 5.41) is 17.0. The van der Waals surface area contributed by atoms with Gasteiger partial charge in [-0.15, -0.1) is 12.4 Å². The van der Waals surface area contributed by atoms with Gasteiger partial charge >= 0.3 is 0 Å². The molecule has 0 saturated carbocycles. The van der Waals surface area contributed by atoms with Crippen LogP contribution in [0.15, 0.2) is 23.0 Å². The molecule has 1 atom stereocenters. The third-order valence-corrected chi connectivity index (χ3v) is 7.56. The van der Waals surface area contributed by atoms with Gasteiger partial charge in [-0.3, -0.25) is 9.59 Å². The normalized spacial score (nSPS) is 20.8. The summed E-state index contributed by atoms with van der Waals surface area (Å²) in [6.45, 7) is 1.42. The number of benzene rings is 1. The molecule has 2 saturated heterocycles. The van der Waals surface area contributed by atoms with Crippen LogP contribution in [0.4, 0.5) is 20.2 Å². The van der Waals surface area contributed by atoms with Crippen LogP contribution < -0.4 is 16.2 Å². The monoisotopic (exact) mass is 606 g/mol. The Hall–Kier alpha value is -1.76. The van der Waals surface area contributed by atoms with Crippen molar-refractivity contribution in [2.45, 2.75) is 50.3 Å². The molecule has 3 N–H and O–H groups in total. The summed E-state index contributed by atoms with van der Waals surface area (Å²) < 4.78 is 31.7. The number of anilines is 2. The minimum atomic E-state index is -1.10. The van der Waals surface area contributed by atoms with Crippen LogP contribution in [0.5, 0.6) is 0 Å². The van der Waals surface area contributed by atoms with Gasteiger partial charge in [0.1, 0.15) is 11.4 Å². The van der Waals surface area contributed by atoms with Crippen LogP contribution in [0.2, 0.25) is 0 Å². The number of pyridine rings is 1. The highest BCUT2D eigenvalue weighted by Gasteiger charge is 2.50. The number of carbonyl (C=O) groups is 1. The van der Waals surface area contributed by atoms with Crippen molar-refractivity contribution in [3.63, 3.8) is 0 Å². The zero-order valence-electron chi connectivity index (χ0n) is 18.4. The number of piperidine rings is 1. The number of halogens is 4. The number of hydrogen-bond acceptors (Lipinski definition) is 5. The van der Waals surface area contributed by atoms with E-state index in [-0.39, 0.29) is 48.5 Å². The lowest BCUT2D eigenvalue weighted by molar-refractivity contribution is -0.108. The lowest BCUT2D eigenvalue weighted by atomic mass is 9.81. The van der Waals surface area contributed by atoms with Crippen LogP contribution in [-0.4, -0.2) is 51.8 Å². The molecular weight excluding hydrogens is 581 g/mol. The molecule has 11 heteroatoms. The third-order valence-electron chi connectivity index (χ3n) is 6.89. The van der Waals surface area contributed by atoms with E-state index in [9.17, 15) is 19.1 Å². The fraction of sp³-hybridized carbons (Fsp3) is 0.478. The average Bonchev–Trinajstić information content (AvgIpc) is 3.27. The standard InChI is InChI=1S/C23H25F2IN4O3.ClH/c24-14-10-13(26)6-7-15(14)28-20-18(16-4-3-9-30(16)22(32)19(20)25)21(31)29-11-23(33,12-29)17-5-1-2-8-27-17;/h6-7,10,17,27-28,33H,1-5,8-9,11-12H2;1H. The molecule has 1 aromatic carbocycles. The van der Waals surface area contributed by atoms with Crippen molar-refractivity contribution in [1.29, 1.82) is 0 Å². The summed E-state index contributed by atoms with van der Waals surface area (Å²) in [6.07, 6.45) is 3.98. The van der Waals surface area contributed by atoms with Gasteiger partial charge in [-0.25, -0.2) is 4.39 Å². The number of aromatic nitrogens is 1. The van der Waals surface area contributed by atoms with Gasteiger partial charge in [0.2, 0.25) is 5.82 Å². The van der Waals surface area contributed by atoms with Gasteiger partial charge in [-0.05, 0) is 73.0 Å². The van der Waals surface area contributed by atoms with Crippen molar-refractivity contribution in [2.75, 3.05) is 25.0 Å². The molecule has 3 aliphatic rings. The van der Waals surface area contributed by atoms with E-state index in [0.717, 1.165) is 25.8 Å². The van der Waals surface area contributed by atoms with Crippen LogP contribution >= 0.6 is 35.0 Å². The summed E-state index contributed by atoms with van der Waals surface area (Å²) in [6, 6.07) is 4.30. The van der Waals surface area contributed by atoms with Gasteiger partial charge in [-0.1, -0.05) is 6.42 Å². The number of hydrogen-bond donors (Lipinski definition) is 3. The molecule has 0 aliphatic carbocycles. The molecule has 1 unspecified atom stereocenters. The first-order chi connectivity index (χ1) is 15.8. The summed E-state index contributed by atoms with van der Waals surface area (Å²) in [4.78, 5) is 27.7. The van der Waals surface area contributed by atoms with Gasteiger partial charge in [0.25, 0.3) is 11.5 Å². The highest BCUT2D eigenvalue weighted by molar-refractivity contribution is 14.1. The third kappa shape index (κ3) is 4.33. The Kier molecular flexibility index (Phi) is 7.24. The van der Waals surface area contributed by atoms with E-state index < -0.39 is 28.7 Å². The van der Waals surface area contributed by atoms with Gasteiger partial charge in [0.05, 0.1) is 30.0 Å². The molecule has 2 aromatic rings. The molecule has 0 radical (unpaired) electrons. The van der Waals surface area contributed by atoms with Crippen molar-refractivity contribution in [3.8, 4) is 0 Å². The van der Waals surface area contributed by atoms with Crippen LogP contribution in [0, 0.1) is 15.2 Å². The summed E-state index contributed by atoms with van der Waals surface area (Å²) in [5.74, 6) is -2.18. The Labute approximate surface area is 215 Å². The van der Waals surface area contributed by atoms with Crippen LogP contribution in [-0.2, 0) is 13.0 Å². The van der Waals surface area contributed by atoms with Crippen molar-refractivity contribution >= 4 is 52.3 Å². The van der Waals surface area contributed by atoms with Gasteiger partial charge in [-0.2, -0.15) is 4.39 Å². The van der Waals surface area contributed by atoms with E-state index >= 15 is 4.39 Å². The number of nitrogens with one attached hydrogen (secondary N) is 2. The molecule has 4 heterocycles. The molecule has 0 spiro atoms. The predicted molar refractivity (Wildman–Crippen MR) is 135 cm³/mol. The van der Waals surface area contributed by atoms with Gasteiger partial charge in [0, 0.05) is 21.9 Å². The van der Waals surface area contributed by atoms with Crippen molar-refractivity contribution in [3.05, 3.63) is 55.0 Å². The van der Waals surface area contributed by atoms with E-state index in [1.54, 1.807) is 6.07 Å². The first kappa shape index (κ1) is 25.3. The number of nitrogens with zero attached hydrogens (tertiary/aromatic N) is 2. The molecule has 184 valence electrons. The quantitative estimate of drug-likeness (QED) is 0.466. The minimum absolute atomic E-state index is 0. The first-order valence-electron chi connectivity index (χ1n) is 11.2. The van der Waals surface area contributed by atoms with Crippen LogP contribution in [0.25, 0.3) is 0 Å². The average molecular weight is 607 g/mol. The SMILES string of the molecule is Cl.O=C(c1c(Nc2ccc(I)cc2F)c(F)c(=O)n2c1CCC2)N1CC(O)(C2CCCCN2)C1. The Morgan fingerprint density at radius 2 is 2.00 bits per heavy atom. The summed E-state index contributed by atoms with van der Waals surface area (Å²) >= 11 is 1.96. The number of likely N-dealkylation sites (tertiary alicyclic amines) is 1. The Morgan fingerprint density at radius 3 is 2.68 bits per heavy atom. The number of amides is 1. The Balaban J connectivity index is 0.00000274. The van der Waals surface area contributed by atoms with Crippen molar-refractivity contribution < 1.29 is 18.7 Å². The van der Waals surface area contributed by atoms with E-state index in [1.807, 2.05) is 22.6 Å². The Morgan fingerprint density at radius 1 is 1.24 bits per heavy atom. The van der Waals surface area contributed by atoms with E-state index in [4.69, 9.17) is 0 Å². The van der Waals surface area contributed by atoms with Crippen molar-refractivity contribution in [1.82, 2.24) is 14.8 Å². The lowest BCUT2D eigenvalue weighted by Gasteiger charge is -2.51. The zero-order chi connectivity index (χ0) is 23.3. The molecule has 1 amide bonds. The number of carbonyl (C=O) groups excluding carboxylic acids is 1. The molecule has 2 fully saturated rings. The van der Waals surface area contributed by atoms with Gasteiger partial charge < -0.3 is 25.2 Å². The molecule has 1 aromatic heterocycles. The number of fused-ring (bicyclic) bond motifs is 1. The van der Waals surface area contributed by atoms with Gasteiger partial charge in [0.15, 0.2) is 0 Å². The number of rotatable bonds is 4. The fourth-order valence-electron chi connectivity index (χ4n) is 5.16. The predicted octanol–water partition coefficient (Wildman–Crippen LogP) is 3.17. The summed E-state index contributed by atoms with van der Waals surface area (Å²) in [5.41, 5.74) is -1.67. The fourth-order valence-corrected chi connectivity index (χ4v) is 5.61. The maximum absolute atomic E-state index is 15.3. The second-order valence-electron chi connectivity index (χ2n) is 9.09. The smallest absolute Gasteiger partial charge is 0.289 e. The Bertz CT molecular complexity index is 1180. The molecule has 5 rings (SSSR count). The maximum atomic E-state index is 15.3. The topological polar surface area (TPSA) is 86.6 Å². The minimum Gasteiger partial charge on any atom is -0.385 e. The molecule has 7 nitrogen and oxygen atoms in total. The maximum Gasteiger partial charge on any atom is 0.289 e. The lowest BCUT2D eigenvalue weighted by Crippen LogP contribution is -2.72. The zero-order valence-corrected chi connectivity index (χ0v) is 21.3. The molecule has 3 aliphatic heterocycles. The first-order valence-corrected chi connectivity index (χ1v) is 12.3. The van der Waals surface area contributed by atoms with E-state index in [0.29, 0.717) is 28.7 Å². The summed E-state index contributed by atoms with van der Waals surface area (Å²) in [7, 11) is 0. The highest BCUT2D eigenvalue weighted by Crippen LogP contribution is 2.35. The number of β-amino-alcohol motifs (C(OH)–C–C–N with tert-alkyl or cyclic N) is 1. The molecule has 34 heavy (non-hydrogen) atoms. The highest BCUT2D eigenvalue weighted by atomic mass is 127. The second-order valence-corrected chi connectivity index (χ2v) is 10.3. The van der Waals surface area contributed by atoms with E-state index in [1.165, 1.54) is 21.6 Å².